The van der Waals surface area contributed by atoms with Gasteiger partial charge in [0, 0.05) is 0 Å². The molecule has 0 saturated carbocycles. The van der Waals surface area contributed by atoms with Gasteiger partial charge in [0.15, 0.2) is 24.3 Å². The number of hydrazine groups is 1. The lowest BCUT2D eigenvalue weighted by Gasteiger charge is -2.25. The van der Waals surface area contributed by atoms with E-state index >= 15 is 0 Å². The van der Waals surface area contributed by atoms with Crippen LogP contribution in [0.3, 0.4) is 0 Å². The minimum absolute atomic E-state index is 0.0788. The highest BCUT2D eigenvalue weighted by atomic mass is 19.1. The number of fused-ring (bicyclic) bond motifs is 1. The number of ether oxygens (including phenoxy) is 2. The summed E-state index contributed by atoms with van der Waals surface area (Å²) in [5.74, 6) is -2.00. The minimum Gasteiger partial charge on any atom is -0.481 e. The number of rotatable bonds is 5. The zero-order valence-electron chi connectivity index (χ0n) is 14.0. The van der Waals surface area contributed by atoms with Crippen molar-refractivity contribution in [1.29, 1.82) is 0 Å². The van der Waals surface area contributed by atoms with Crippen LogP contribution in [0.5, 0.6) is 11.5 Å². The second-order valence-corrected chi connectivity index (χ2v) is 5.61. The van der Waals surface area contributed by atoms with Crippen molar-refractivity contribution in [1.82, 2.24) is 10.9 Å². The van der Waals surface area contributed by atoms with Crippen LogP contribution in [0.1, 0.15) is 6.42 Å². The van der Waals surface area contributed by atoms with Crippen LogP contribution < -0.4 is 25.6 Å². The quantitative estimate of drug-likeness (QED) is 0.682. The molecule has 140 valence electrons. The SMILES string of the molecule is O=C(COc1ccccc1F)NNC(=O)C[C@@H]1Oc2ccccc2NC1=O. The highest BCUT2D eigenvalue weighted by Gasteiger charge is 2.29. The molecule has 9 heteroatoms. The maximum absolute atomic E-state index is 13.4. The van der Waals surface area contributed by atoms with Crippen molar-refractivity contribution in [2.24, 2.45) is 0 Å². The molecule has 27 heavy (non-hydrogen) atoms. The Morgan fingerprint density at radius 1 is 1.07 bits per heavy atom. The topological polar surface area (TPSA) is 106 Å². The van der Waals surface area contributed by atoms with E-state index in [1.807, 2.05) is 0 Å². The lowest BCUT2D eigenvalue weighted by atomic mass is 10.1. The average molecular weight is 373 g/mol. The van der Waals surface area contributed by atoms with Gasteiger partial charge in [-0.3, -0.25) is 25.2 Å². The molecule has 0 unspecified atom stereocenters. The molecule has 2 aromatic carbocycles. The Morgan fingerprint density at radius 2 is 1.78 bits per heavy atom. The molecule has 8 nitrogen and oxygen atoms in total. The number of anilines is 1. The third-order valence-corrected chi connectivity index (χ3v) is 3.61. The van der Waals surface area contributed by atoms with Crippen LogP contribution in [-0.4, -0.2) is 30.4 Å². The number of carbonyl (C=O) groups excluding carboxylic acids is 3. The number of hydrogen-bond acceptors (Lipinski definition) is 5. The third kappa shape index (κ3) is 4.72. The van der Waals surface area contributed by atoms with Gasteiger partial charge < -0.3 is 14.8 Å². The van der Waals surface area contributed by atoms with Crippen molar-refractivity contribution < 1.29 is 28.2 Å². The first-order valence-corrected chi connectivity index (χ1v) is 8.04. The highest BCUT2D eigenvalue weighted by molar-refractivity contribution is 6.00. The first-order chi connectivity index (χ1) is 13.0. The van der Waals surface area contributed by atoms with Crippen LogP contribution in [0, 0.1) is 5.82 Å². The Labute approximate surface area is 153 Å². The fraction of sp³-hybridized carbons (Fsp3) is 0.167. The summed E-state index contributed by atoms with van der Waals surface area (Å²) in [5.41, 5.74) is 4.80. The maximum atomic E-state index is 13.4. The molecule has 1 aliphatic rings. The van der Waals surface area contributed by atoms with Gasteiger partial charge in [0.2, 0.25) is 5.91 Å². The van der Waals surface area contributed by atoms with Gasteiger partial charge in [-0.2, -0.15) is 0 Å². The van der Waals surface area contributed by atoms with Crippen molar-refractivity contribution in [3.05, 3.63) is 54.3 Å². The van der Waals surface area contributed by atoms with Crippen molar-refractivity contribution in [3.8, 4) is 11.5 Å². The van der Waals surface area contributed by atoms with E-state index in [2.05, 4.69) is 16.2 Å². The maximum Gasteiger partial charge on any atom is 0.276 e. The fourth-order valence-electron chi connectivity index (χ4n) is 2.33. The summed E-state index contributed by atoms with van der Waals surface area (Å²) in [5, 5.41) is 2.64. The van der Waals surface area contributed by atoms with Crippen molar-refractivity contribution in [2.45, 2.75) is 12.5 Å². The number of para-hydroxylation sites is 3. The standard InChI is InChI=1S/C18H16FN3O5/c19-11-5-1-3-7-13(11)26-10-17(24)22-21-16(23)9-15-18(25)20-12-6-2-4-8-14(12)27-15/h1-8,15H,9-10H2,(H,20,25)(H,21,23)(H,22,24)/t15-/m0/s1. The summed E-state index contributed by atoms with van der Waals surface area (Å²) < 4.78 is 23.9. The fourth-order valence-corrected chi connectivity index (χ4v) is 2.33. The van der Waals surface area contributed by atoms with Crippen LogP contribution in [-0.2, 0) is 14.4 Å². The average Bonchev–Trinajstić information content (AvgIpc) is 2.66. The van der Waals surface area contributed by atoms with Crippen LogP contribution in [0.2, 0.25) is 0 Å². The van der Waals surface area contributed by atoms with Gasteiger partial charge >= 0.3 is 0 Å². The Kier molecular flexibility index (Phi) is 5.50. The zero-order chi connectivity index (χ0) is 19.2. The largest absolute Gasteiger partial charge is 0.481 e. The van der Waals surface area contributed by atoms with Gasteiger partial charge in [0.1, 0.15) is 5.75 Å². The number of hydrogen-bond donors (Lipinski definition) is 3. The van der Waals surface area contributed by atoms with Crippen LogP contribution >= 0.6 is 0 Å². The molecule has 3 amide bonds. The van der Waals surface area contributed by atoms with Crippen molar-refractivity contribution >= 4 is 23.4 Å². The Bertz CT molecular complexity index is 874. The van der Waals surface area contributed by atoms with Crippen LogP contribution in [0.15, 0.2) is 48.5 Å². The second-order valence-electron chi connectivity index (χ2n) is 5.61. The lowest BCUT2D eigenvalue weighted by molar-refractivity contribution is -0.133. The molecule has 0 spiro atoms. The van der Waals surface area contributed by atoms with Gasteiger partial charge in [0.25, 0.3) is 11.8 Å². The normalized spacial score (nSPS) is 15.0. The Hall–Kier alpha value is -3.62. The molecule has 2 aromatic rings. The van der Waals surface area contributed by atoms with Crippen LogP contribution in [0.25, 0.3) is 0 Å². The lowest BCUT2D eigenvalue weighted by Crippen LogP contribution is -2.47. The number of carbonyl (C=O) groups is 3. The predicted molar refractivity (Wildman–Crippen MR) is 92.3 cm³/mol. The molecule has 1 atom stereocenters. The third-order valence-electron chi connectivity index (χ3n) is 3.61. The van der Waals surface area contributed by atoms with Crippen LogP contribution in [0.4, 0.5) is 10.1 Å². The van der Waals surface area contributed by atoms with Gasteiger partial charge in [-0.1, -0.05) is 24.3 Å². The summed E-state index contributed by atoms with van der Waals surface area (Å²) in [6.07, 6.45) is -1.32. The molecular weight excluding hydrogens is 357 g/mol. The first kappa shape index (κ1) is 18.2. The van der Waals surface area contributed by atoms with E-state index < -0.39 is 36.2 Å². The monoisotopic (exact) mass is 373 g/mol. The number of halogens is 1. The van der Waals surface area contributed by atoms with E-state index in [0.29, 0.717) is 11.4 Å². The second kappa shape index (κ2) is 8.17. The zero-order valence-corrected chi connectivity index (χ0v) is 14.0. The van der Waals surface area contributed by atoms with E-state index in [0.717, 1.165) is 0 Å². The molecule has 0 aliphatic carbocycles. The van der Waals surface area contributed by atoms with Gasteiger partial charge in [0.05, 0.1) is 12.1 Å². The number of amides is 3. The summed E-state index contributed by atoms with van der Waals surface area (Å²) in [6, 6.07) is 12.5. The Balaban J connectivity index is 1.44. The summed E-state index contributed by atoms with van der Waals surface area (Å²) in [4.78, 5) is 35.5. The predicted octanol–water partition coefficient (Wildman–Crippen LogP) is 1.14. The highest BCUT2D eigenvalue weighted by Crippen LogP contribution is 2.29. The van der Waals surface area contributed by atoms with E-state index in [4.69, 9.17) is 9.47 Å². The Morgan fingerprint density at radius 3 is 2.59 bits per heavy atom. The molecule has 0 aromatic heterocycles. The molecule has 1 aliphatic heterocycles. The van der Waals surface area contributed by atoms with Gasteiger partial charge in [-0.05, 0) is 24.3 Å². The minimum atomic E-state index is -1.02. The van der Waals surface area contributed by atoms with E-state index in [-0.39, 0.29) is 12.2 Å². The molecule has 0 radical (unpaired) electrons. The van der Waals surface area contributed by atoms with Gasteiger partial charge in [-0.25, -0.2) is 4.39 Å². The molecule has 3 N–H and O–H groups in total. The summed E-state index contributed by atoms with van der Waals surface area (Å²) in [7, 11) is 0. The first-order valence-electron chi connectivity index (χ1n) is 8.04. The smallest absolute Gasteiger partial charge is 0.276 e. The molecule has 0 bridgehead atoms. The molecular formula is C18H16FN3O5. The number of benzene rings is 2. The number of nitrogens with one attached hydrogen (secondary N) is 3. The molecule has 3 rings (SSSR count). The van der Waals surface area contributed by atoms with E-state index in [9.17, 15) is 18.8 Å². The molecule has 0 fully saturated rings. The van der Waals surface area contributed by atoms with Gasteiger partial charge in [-0.15, -0.1) is 0 Å². The summed E-state index contributed by atoms with van der Waals surface area (Å²) >= 11 is 0. The molecule has 1 heterocycles. The van der Waals surface area contributed by atoms with Crippen molar-refractivity contribution in [2.75, 3.05) is 11.9 Å². The van der Waals surface area contributed by atoms with E-state index in [1.54, 1.807) is 30.3 Å². The summed E-state index contributed by atoms with van der Waals surface area (Å²) in [6.45, 7) is -0.491. The van der Waals surface area contributed by atoms with Crippen molar-refractivity contribution in [3.63, 3.8) is 0 Å². The van der Waals surface area contributed by atoms with E-state index in [1.165, 1.54) is 18.2 Å². The molecule has 0 saturated heterocycles.